The van der Waals surface area contributed by atoms with Crippen LogP contribution in [0.2, 0.25) is 0 Å². The zero-order chi connectivity index (χ0) is 10.2. The second-order valence-corrected chi connectivity index (χ2v) is 6.42. The normalized spacial score (nSPS) is 27.5. The van der Waals surface area contributed by atoms with Gasteiger partial charge in [-0.1, -0.05) is 0 Å². The highest BCUT2D eigenvalue weighted by molar-refractivity contribution is 7.93. The maximum atomic E-state index is 11.6. The Labute approximate surface area is 86.2 Å². The number of nitrogens with one attached hydrogen (secondary N) is 1. The molecule has 81 valence electrons. The van der Waals surface area contributed by atoms with Crippen LogP contribution in [0, 0.1) is 18.1 Å². The van der Waals surface area contributed by atoms with Crippen LogP contribution in [0.4, 0.5) is 0 Å². The molecule has 1 saturated carbocycles. The Morgan fingerprint density at radius 1 is 1.07 bits per heavy atom. The summed E-state index contributed by atoms with van der Waals surface area (Å²) in [5, 5.41) is 3.12. The summed E-state index contributed by atoms with van der Waals surface area (Å²) in [6.07, 6.45) is 7.52. The summed E-state index contributed by atoms with van der Waals surface area (Å²) in [5.74, 6) is 0.770. The maximum absolute atomic E-state index is 11.6. The van der Waals surface area contributed by atoms with Crippen molar-refractivity contribution in [2.75, 3.05) is 13.1 Å². The van der Waals surface area contributed by atoms with Crippen LogP contribution in [0.1, 0.15) is 25.7 Å². The predicted molar refractivity (Wildman–Crippen MR) is 56.4 cm³/mol. The van der Waals surface area contributed by atoms with Crippen molar-refractivity contribution in [1.29, 1.82) is 0 Å². The highest BCUT2D eigenvalue weighted by atomic mass is 32.2. The van der Waals surface area contributed by atoms with E-state index in [1.54, 1.807) is 0 Å². The Morgan fingerprint density at radius 2 is 1.57 bits per heavy atom. The van der Waals surface area contributed by atoms with E-state index >= 15 is 0 Å². The van der Waals surface area contributed by atoms with Crippen LogP contribution in [-0.2, 0) is 9.84 Å². The van der Waals surface area contributed by atoms with Gasteiger partial charge in [-0.05, 0) is 50.6 Å². The van der Waals surface area contributed by atoms with Crippen molar-refractivity contribution in [2.45, 2.75) is 30.9 Å². The molecular formula is C10H18NO2S. The lowest BCUT2D eigenvalue weighted by atomic mass is 9.92. The molecule has 1 saturated heterocycles. The lowest BCUT2D eigenvalue weighted by Crippen LogP contribution is -2.38. The van der Waals surface area contributed by atoms with Gasteiger partial charge in [-0.2, -0.15) is 0 Å². The minimum absolute atomic E-state index is 0.149. The van der Waals surface area contributed by atoms with Crippen LogP contribution in [0.5, 0.6) is 0 Å². The number of sulfone groups is 1. The standard InChI is InChI=1S/C10H18NO2S/c1-14(12,13)10(8-2-3-8)9-4-6-11-7-5-9/h8-11H,1-7H2. The molecule has 0 bridgehead atoms. The Morgan fingerprint density at radius 3 is 2.00 bits per heavy atom. The van der Waals surface area contributed by atoms with Crippen molar-refractivity contribution >= 4 is 9.84 Å². The maximum Gasteiger partial charge on any atom is 0.154 e. The van der Waals surface area contributed by atoms with E-state index in [0.29, 0.717) is 11.8 Å². The molecule has 1 aliphatic carbocycles. The van der Waals surface area contributed by atoms with Crippen molar-refractivity contribution < 1.29 is 8.42 Å². The summed E-state index contributed by atoms with van der Waals surface area (Å²) in [7, 11) is -3.08. The smallest absolute Gasteiger partial charge is 0.154 e. The van der Waals surface area contributed by atoms with Gasteiger partial charge in [-0.3, -0.25) is 0 Å². The molecule has 1 radical (unpaired) electrons. The monoisotopic (exact) mass is 216 g/mol. The van der Waals surface area contributed by atoms with E-state index in [9.17, 15) is 8.42 Å². The molecule has 1 unspecified atom stereocenters. The first kappa shape index (κ1) is 10.4. The topological polar surface area (TPSA) is 46.2 Å². The highest BCUT2D eigenvalue weighted by Gasteiger charge is 2.42. The Kier molecular flexibility index (Phi) is 2.84. The van der Waals surface area contributed by atoms with Crippen molar-refractivity contribution in [3.63, 3.8) is 0 Å². The summed E-state index contributed by atoms with van der Waals surface area (Å²) in [6.45, 7) is 1.92. The van der Waals surface area contributed by atoms with Crippen LogP contribution in [0.25, 0.3) is 0 Å². The molecule has 0 aromatic heterocycles. The molecule has 1 heterocycles. The largest absolute Gasteiger partial charge is 0.317 e. The zero-order valence-corrected chi connectivity index (χ0v) is 9.22. The number of hydrogen-bond donors (Lipinski definition) is 1. The molecular weight excluding hydrogens is 198 g/mol. The summed E-state index contributed by atoms with van der Waals surface area (Å²) >= 11 is 0. The summed E-state index contributed by atoms with van der Waals surface area (Å²) in [6, 6.07) is 0. The van der Waals surface area contributed by atoms with Gasteiger partial charge in [0.2, 0.25) is 0 Å². The Hall–Kier alpha value is -0.0900. The molecule has 0 spiro atoms. The van der Waals surface area contributed by atoms with Gasteiger partial charge in [0.05, 0.1) is 11.5 Å². The van der Waals surface area contributed by atoms with Crippen molar-refractivity contribution in [2.24, 2.45) is 11.8 Å². The molecule has 0 amide bonds. The molecule has 1 N–H and O–H groups in total. The van der Waals surface area contributed by atoms with Gasteiger partial charge in [0.15, 0.2) is 9.84 Å². The van der Waals surface area contributed by atoms with Crippen molar-refractivity contribution in [1.82, 2.24) is 5.32 Å². The number of piperidine rings is 1. The van der Waals surface area contributed by atoms with Gasteiger partial charge in [-0.15, -0.1) is 0 Å². The van der Waals surface area contributed by atoms with E-state index in [1.807, 2.05) is 0 Å². The molecule has 0 aromatic carbocycles. The van der Waals surface area contributed by atoms with Crippen LogP contribution in [-0.4, -0.2) is 26.8 Å². The van der Waals surface area contributed by atoms with Crippen LogP contribution in [0.3, 0.4) is 0 Å². The van der Waals surface area contributed by atoms with Gasteiger partial charge in [-0.25, -0.2) is 8.42 Å². The van der Waals surface area contributed by atoms with Crippen LogP contribution in [0.15, 0.2) is 0 Å². The van der Waals surface area contributed by atoms with E-state index in [0.717, 1.165) is 38.8 Å². The highest BCUT2D eigenvalue weighted by Crippen LogP contribution is 2.42. The van der Waals surface area contributed by atoms with Gasteiger partial charge < -0.3 is 5.32 Å². The minimum atomic E-state index is -3.08. The van der Waals surface area contributed by atoms with Gasteiger partial charge in [0.1, 0.15) is 0 Å². The fraction of sp³-hybridized carbons (Fsp3) is 0.900. The first-order valence-electron chi connectivity index (χ1n) is 5.36. The zero-order valence-electron chi connectivity index (χ0n) is 8.41. The molecule has 14 heavy (non-hydrogen) atoms. The lowest BCUT2D eigenvalue weighted by Gasteiger charge is -2.29. The fourth-order valence-corrected chi connectivity index (χ4v) is 4.29. The summed E-state index contributed by atoms with van der Waals surface area (Å²) in [4.78, 5) is 0. The van der Waals surface area contributed by atoms with Gasteiger partial charge in [0, 0.05) is 0 Å². The third-order valence-electron chi connectivity index (χ3n) is 3.35. The fourth-order valence-electron chi connectivity index (χ4n) is 2.57. The van der Waals surface area contributed by atoms with Gasteiger partial charge >= 0.3 is 0 Å². The Balaban J connectivity index is 2.09. The minimum Gasteiger partial charge on any atom is -0.317 e. The predicted octanol–water partition coefficient (Wildman–Crippen LogP) is 0.971. The van der Waals surface area contributed by atoms with E-state index in [1.165, 1.54) is 0 Å². The van der Waals surface area contributed by atoms with Gasteiger partial charge in [0.25, 0.3) is 0 Å². The molecule has 4 heteroatoms. The second kappa shape index (κ2) is 3.81. The van der Waals surface area contributed by atoms with E-state index in [-0.39, 0.29) is 5.25 Å². The first-order chi connectivity index (χ1) is 6.59. The average Bonchev–Trinajstić information content (AvgIpc) is 2.88. The summed E-state index contributed by atoms with van der Waals surface area (Å²) in [5.41, 5.74) is 0. The summed E-state index contributed by atoms with van der Waals surface area (Å²) < 4.78 is 23.2. The number of rotatable bonds is 3. The molecule has 2 rings (SSSR count). The quantitative estimate of drug-likeness (QED) is 0.764. The first-order valence-corrected chi connectivity index (χ1v) is 7.08. The molecule has 2 aliphatic rings. The van der Waals surface area contributed by atoms with Crippen molar-refractivity contribution in [3.05, 3.63) is 6.26 Å². The molecule has 1 aliphatic heterocycles. The number of hydrogen-bond acceptors (Lipinski definition) is 3. The van der Waals surface area contributed by atoms with Crippen LogP contribution >= 0.6 is 0 Å². The molecule has 1 atom stereocenters. The van der Waals surface area contributed by atoms with E-state index in [4.69, 9.17) is 0 Å². The third-order valence-corrected chi connectivity index (χ3v) is 4.95. The second-order valence-electron chi connectivity index (χ2n) is 4.55. The lowest BCUT2D eigenvalue weighted by molar-refractivity contribution is 0.340. The average molecular weight is 216 g/mol. The van der Waals surface area contributed by atoms with E-state index in [2.05, 4.69) is 11.6 Å². The van der Waals surface area contributed by atoms with Crippen molar-refractivity contribution in [3.8, 4) is 0 Å². The molecule has 3 nitrogen and oxygen atoms in total. The van der Waals surface area contributed by atoms with Crippen LogP contribution < -0.4 is 5.32 Å². The Bertz CT molecular complexity index is 289. The van der Waals surface area contributed by atoms with E-state index < -0.39 is 9.84 Å². The molecule has 0 aromatic rings. The molecule has 2 fully saturated rings. The third kappa shape index (κ3) is 2.28. The SMILES string of the molecule is [CH2]S(=O)(=O)C(C1CCNCC1)C1CC1.